The predicted molar refractivity (Wildman–Crippen MR) is 94.9 cm³/mol. The van der Waals surface area contributed by atoms with Crippen LogP contribution in [0.3, 0.4) is 0 Å². The molecule has 0 aromatic heterocycles. The first-order chi connectivity index (χ1) is 10.6. The van der Waals surface area contributed by atoms with Gasteiger partial charge in [-0.1, -0.05) is 18.2 Å². The Hall–Kier alpha value is -1.87. The fourth-order valence-electron chi connectivity index (χ4n) is 3.19. The molecule has 0 saturated heterocycles. The smallest absolute Gasteiger partial charge is 0.0872 e. The van der Waals surface area contributed by atoms with Crippen LogP contribution >= 0.6 is 0 Å². The van der Waals surface area contributed by atoms with E-state index in [1.54, 1.807) is 0 Å². The number of nitrogens with zero attached hydrogens (tertiary/aromatic N) is 2. The van der Waals surface area contributed by atoms with E-state index in [1.807, 2.05) is 6.07 Å². The molecule has 0 amide bonds. The summed E-state index contributed by atoms with van der Waals surface area (Å²) in [7, 11) is 0. The highest BCUT2D eigenvalue weighted by molar-refractivity contribution is 6.15. The van der Waals surface area contributed by atoms with Crippen molar-refractivity contribution < 1.29 is 0 Å². The molecule has 2 aliphatic rings. The Kier molecular flexibility index (Phi) is 4.16. The molecule has 1 aromatic carbocycles. The molecular weight excluding hydrogens is 270 g/mol. The minimum absolute atomic E-state index is 0.537. The van der Waals surface area contributed by atoms with Crippen molar-refractivity contribution in [2.75, 3.05) is 11.9 Å². The third kappa shape index (κ3) is 2.86. The van der Waals surface area contributed by atoms with Gasteiger partial charge in [0, 0.05) is 18.6 Å². The molecule has 0 radical (unpaired) electrons. The summed E-state index contributed by atoms with van der Waals surface area (Å²) in [5.41, 5.74) is 5.82. The molecule has 3 heteroatoms. The van der Waals surface area contributed by atoms with Crippen molar-refractivity contribution in [3.05, 3.63) is 47.7 Å². The van der Waals surface area contributed by atoms with Gasteiger partial charge in [-0.25, -0.2) is 4.99 Å². The van der Waals surface area contributed by atoms with Crippen molar-refractivity contribution in [3.63, 3.8) is 0 Å². The van der Waals surface area contributed by atoms with Gasteiger partial charge in [-0.3, -0.25) is 4.90 Å². The van der Waals surface area contributed by atoms with E-state index in [4.69, 9.17) is 4.99 Å². The van der Waals surface area contributed by atoms with Crippen LogP contribution in [0.1, 0.15) is 34.1 Å². The molecule has 1 aromatic rings. The van der Waals surface area contributed by atoms with E-state index in [2.05, 4.69) is 68.3 Å². The lowest BCUT2D eigenvalue weighted by molar-refractivity contribution is 0.190. The van der Waals surface area contributed by atoms with Crippen LogP contribution in [0.4, 0.5) is 11.4 Å². The molecule has 1 aliphatic carbocycles. The monoisotopic (exact) mass is 295 g/mol. The summed E-state index contributed by atoms with van der Waals surface area (Å²) >= 11 is 0. The van der Waals surface area contributed by atoms with Gasteiger partial charge in [-0.15, -0.1) is 0 Å². The fourth-order valence-corrected chi connectivity index (χ4v) is 3.19. The van der Waals surface area contributed by atoms with E-state index < -0.39 is 0 Å². The summed E-state index contributed by atoms with van der Waals surface area (Å²) < 4.78 is 0. The van der Waals surface area contributed by atoms with Crippen LogP contribution in [0.15, 0.2) is 52.7 Å². The molecule has 0 bridgehead atoms. The molecule has 0 fully saturated rings. The summed E-state index contributed by atoms with van der Waals surface area (Å²) in [6, 6.07) is 9.32. The second kappa shape index (κ2) is 6.09. The Labute approximate surface area is 133 Å². The molecule has 3 rings (SSSR count). The summed E-state index contributed by atoms with van der Waals surface area (Å²) in [5, 5.41) is 3.60. The second-order valence-electron chi connectivity index (χ2n) is 6.58. The number of fused-ring (bicyclic) bond motifs is 2. The van der Waals surface area contributed by atoms with Gasteiger partial charge in [-0.05, 0) is 57.9 Å². The van der Waals surface area contributed by atoms with Crippen molar-refractivity contribution in [3.8, 4) is 0 Å². The highest BCUT2D eigenvalue weighted by atomic mass is 15.2. The molecule has 22 heavy (non-hydrogen) atoms. The number of aliphatic imine (C=N–C) groups is 1. The number of nitrogens with one attached hydrogen (secondary N) is 1. The summed E-state index contributed by atoms with van der Waals surface area (Å²) in [6.07, 6.45) is 5.36. The van der Waals surface area contributed by atoms with E-state index in [9.17, 15) is 0 Å². The summed E-state index contributed by atoms with van der Waals surface area (Å²) in [5.74, 6) is 0. The van der Waals surface area contributed by atoms with Crippen LogP contribution in [-0.4, -0.2) is 29.2 Å². The van der Waals surface area contributed by atoms with Crippen LogP contribution in [0.5, 0.6) is 0 Å². The number of rotatable bonds is 4. The van der Waals surface area contributed by atoms with Crippen LogP contribution in [0, 0.1) is 0 Å². The molecule has 0 spiro atoms. The van der Waals surface area contributed by atoms with Gasteiger partial charge in [-0.2, -0.15) is 0 Å². The third-order valence-corrected chi connectivity index (χ3v) is 4.35. The number of allylic oxidation sites excluding steroid dienone is 2. The number of hydrogen-bond acceptors (Lipinski definition) is 3. The SMILES string of the molecule is CC(C)N(CC1=C2Nc3ccccc3N=C2C=CC1)C(C)C. The van der Waals surface area contributed by atoms with E-state index >= 15 is 0 Å². The molecule has 116 valence electrons. The Morgan fingerprint density at radius 3 is 2.59 bits per heavy atom. The predicted octanol–water partition coefficient (Wildman–Crippen LogP) is 4.52. The minimum atomic E-state index is 0.537. The molecule has 0 unspecified atom stereocenters. The Morgan fingerprint density at radius 2 is 1.86 bits per heavy atom. The average Bonchev–Trinajstić information content (AvgIpc) is 2.50. The number of anilines is 1. The van der Waals surface area contributed by atoms with E-state index in [1.165, 1.54) is 11.3 Å². The quantitative estimate of drug-likeness (QED) is 0.884. The van der Waals surface area contributed by atoms with Crippen molar-refractivity contribution in [2.24, 2.45) is 4.99 Å². The topological polar surface area (TPSA) is 27.6 Å². The summed E-state index contributed by atoms with van der Waals surface area (Å²) in [4.78, 5) is 7.33. The van der Waals surface area contributed by atoms with Gasteiger partial charge in [0.1, 0.15) is 0 Å². The fraction of sp³-hybridized carbons (Fsp3) is 0.421. The van der Waals surface area contributed by atoms with E-state index in [-0.39, 0.29) is 0 Å². The van der Waals surface area contributed by atoms with Crippen molar-refractivity contribution in [1.82, 2.24) is 4.90 Å². The van der Waals surface area contributed by atoms with Crippen molar-refractivity contribution in [2.45, 2.75) is 46.2 Å². The largest absolute Gasteiger partial charge is 0.352 e. The second-order valence-corrected chi connectivity index (χ2v) is 6.58. The van der Waals surface area contributed by atoms with Gasteiger partial charge in [0.05, 0.1) is 22.8 Å². The lowest BCUT2D eigenvalue weighted by Gasteiger charge is -2.33. The van der Waals surface area contributed by atoms with E-state index in [0.29, 0.717) is 12.1 Å². The van der Waals surface area contributed by atoms with Crippen molar-refractivity contribution >= 4 is 17.1 Å². The first kappa shape index (κ1) is 15.0. The lowest BCUT2D eigenvalue weighted by Crippen LogP contribution is -2.39. The van der Waals surface area contributed by atoms with Crippen LogP contribution in [0.2, 0.25) is 0 Å². The first-order valence-electron chi connectivity index (χ1n) is 8.15. The number of benzene rings is 1. The molecule has 1 heterocycles. The van der Waals surface area contributed by atoms with Gasteiger partial charge in [0.2, 0.25) is 0 Å². The van der Waals surface area contributed by atoms with E-state index in [0.717, 1.165) is 30.1 Å². The normalized spacial score (nSPS) is 16.8. The molecule has 0 saturated carbocycles. The van der Waals surface area contributed by atoms with Crippen LogP contribution in [0.25, 0.3) is 0 Å². The molecular formula is C19H25N3. The summed E-state index contributed by atoms with van der Waals surface area (Å²) in [6.45, 7) is 10.1. The van der Waals surface area contributed by atoms with Gasteiger partial charge in [0.25, 0.3) is 0 Å². The average molecular weight is 295 g/mol. The minimum Gasteiger partial charge on any atom is -0.352 e. The van der Waals surface area contributed by atoms with Gasteiger partial charge < -0.3 is 5.32 Å². The maximum atomic E-state index is 4.81. The number of para-hydroxylation sites is 2. The maximum Gasteiger partial charge on any atom is 0.0872 e. The number of hydrogen-bond donors (Lipinski definition) is 1. The third-order valence-electron chi connectivity index (χ3n) is 4.35. The molecule has 0 atom stereocenters. The molecule has 3 nitrogen and oxygen atoms in total. The zero-order valence-corrected chi connectivity index (χ0v) is 13.9. The highest BCUT2D eigenvalue weighted by Crippen LogP contribution is 2.34. The Balaban J connectivity index is 1.94. The highest BCUT2D eigenvalue weighted by Gasteiger charge is 2.23. The van der Waals surface area contributed by atoms with Crippen molar-refractivity contribution in [1.29, 1.82) is 0 Å². The van der Waals surface area contributed by atoms with Crippen LogP contribution < -0.4 is 5.32 Å². The zero-order chi connectivity index (χ0) is 15.7. The van der Waals surface area contributed by atoms with Gasteiger partial charge >= 0.3 is 0 Å². The first-order valence-corrected chi connectivity index (χ1v) is 8.15. The maximum absolute atomic E-state index is 4.81. The Bertz CT molecular complexity index is 642. The lowest BCUT2D eigenvalue weighted by atomic mass is 9.97. The molecule has 1 N–H and O–H groups in total. The van der Waals surface area contributed by atoms with Crippen LogP contribution in [-0.2, 0) is 0 Å². The Morgan fingerprint density at radius 1 is 1.14 bits per heavy atom. The zero-order valence-electron chi connectivity index (χ0n) is 13.9. The standard InChI is InChI=1S/C19H25N3/c1-13(2)22(14(3)4)12-15-8-7-11-18-19(15)21-17-10-6-5-9-16(17)20-18/h5-7,9-11,13-14,21H,8,12H2,1-4H3. The molecule has 1 aliphatic heterocycles. The van der Waals surface area contributed by atoms with Gasteiger partial charge in [0.15, 0.2) is 0 Å².